The van der Waals surface area contributed by atoms with E-state index in [0.717, 1.165) is 38.5 Å². The first-order valence-electron chi connectivity index (χ1n) is 37.3. The van der Waals surface area contributed by atoms with Gasteiger partial charge in [-0.25, -0.2) is 0 Å². The van der Waals surface area contributed by atoms with Gasteiger partial charge in [0.05, 0.1) is 31.3 Å². The molecule has 0 unspecified atom stereocenters. The first-order chi connectivity index (χ1) is 46.6. The van der Waals surface area contributed by atoms with E-state index < -0.39 is 162 Å². The van der Waals surface area contributed by atoms with Crippen LogP contribution in [0.2, 0.25) is 0 Å². The fourth-order valence-electron chi connectivity index (χ4n) is 14.1. The number of nitrogens with zero attached hydrogens (tertiary/aromatic N) is 7. The summed E-state index contributed by atoms with van der Waals surface area (Å²) in [5.74, 6) is -9.18. The Balaban J connectivity index is 1.94. The van der Waals surface area contributed by atoms with Gasteiger partial charge >= 0.3 is 0 Å². The first-order valence-corrected chi connectivity index (χ1v) is 37.3. The van der Waals surface area contributed by atoms with Crippen molar-refractivity contribution in [2.75, 3.05) is 68.5 Å². The summed E-state index contributed by atoms with van der Waals surface area (Å²) in [5.41, 5.74) is -0.824. The number of hydrogen-bond acceptors (Lipinski definition) is 14. The van der Waals surface area contributed by atoms with Crippen LogP contribution in [0.3, 0.4) is 0 Å². The van der Waals surface area contributed by atoms with Crippen molar-refractivity contribution in [1.82, 2.24) is 60.9 Å². The maximum absolute atomic E-state index is 15.3. The molecule has 6 N–H and O–H groups in total. The number of likely N-dealkylation sites (tertiary alicyclic amines) is 1. The summed E-state index contributed by atoms with van der Waals surface area (Å²) in [6.07, 6.45) is 8.59. The Morgan fingerprint density at radius 3 is 1.47 bits per heavy atom. The number of carbonyl (C=O) groups excluding carboxylic acids is 12. The fraction of sp³-hybridized carbons (Fsp3) is 0.838. The van der Waals surface area contributed by atoms with Crippen molar-refractivity contribution in [2.24, 2.45) is 41.4 Å². The predicted molar refractivity (Wildman–Crippen MR) is 383 cm³/mol. The molecule has 2 aliphatic heterocycles. The Morgan fingerprint density at radius 1 is 0.480 bits per heavy atom. The molecule has 12 amide bonds. The summed E-state index contributed by atoms with van der Waals surface area (Å²) in [7, 11) is 8.68. The van der Waals surface area contributed by atoms with Crippen LogP contribution in [0.4, 0.5) is 0 Å². The van der Waals surface area contributed by atoms with Crippen molar-refractivity contribution in [3.05, 3.63) is 0 Å². The molecule has 2 aliphatic carbocycles. The highest BCUT2D eigenvalue weighted by Gasteiger charge is 2.44. The molecule has 0 radical (unpaired) electrons. The highest BCUT2D eigenvalue weighted by molar-refractivity contribution is 6.00. The van der Waals surface area contributed by atoms with Crippen molar-refractivity contribution in [3.8, 4) is 0 Å². The molecular formula is C74H130N12O14. The van der Waals surface area contributed by atoms with Crippen LogP contribution >= 0.6 is 0 Å². The van der Waals surface area contributed by atoms with Crippen molar-refractivity contribution in [2.45, 2.75) is 291 Å². The fourth-order valence-corrected chi connectivity index (χ4v) is 14.1. The third-order valence-electron chi connectivity index (χ3n) is 20.5. The van der Waals surface area contributed by atoms with Gasteiger partial charge in [0.2, 0.25) is 70.9 Å². The standard InChI is InChI=1S/C74H130N12O14/c1-44(2)35-53-69(95)83(18)58(37-46(5)6)66(92)77-54(39-51-29-31-52(87)32-30-51)68(94)80(15)42-62(89)82(17)57(36-45(3)4)65(91)78-56(43-100-74(12,13)14)70(96)85(20)60(38-47(7)8)72(98)81(16)49(11)64(90)75-55(71(97)86-33-25-22-26-34-86)41-61(88)79-63(48(9)10)73(99)84(19)59(67(93)76-53)40-50-27-23-21-24-28-50/h44-60,63,87H,21-43H2,1-20H3,(H,75,90)(H,76,93)(H,77,92)(H,78,91)(H,79,88)/t49-,51?,52?,53-,54-,55-,56-,57-,58-,59-,60-,63+/m0/s1. The van der Waals surface area contributed by atoms with Gasteiger partial charge in [-0.15, -0.1) is 0 Å². The largest absolute Gasteiger partial charge is 0.393 e. The van der Waals surface area contributed by atoms with Gasteiger partial charge in [0.1, 0.15) is 60.4 Å². The molecule has 4 fully saturated rings. The number of amides is 12. The molecule has 4 aliphatic rings. The minimum Gasteiger partial charge on any atom is -0.393 e. The van der Waals surface area contributed by atoms with E-state index in [4.69, 9.17) is 4.74 Å². The number of hydrogen-bond donors (Lipinski definition) is 6. The van der Waals surface area contributed by atoms with E-state index in [2.05, 4.69) is 26.6 Å². The zero-order chi connectivity index (χ0) is 75.4. The van der Waals surface area contributed by atoms with Crippen LogP contribution in [0.25, 0.3) is 0 Å². The lowest BCUT2D eigenvalue weighted by atomic mass is 9.83. The van der Waals surface area contributed by atoms with Crippen LogP contribution in [0, 0.1) is 41.4 Å². The zero-order valence-electron chi connectivity index (χ0n) is 64.5. The van der Waals surface area contributed by atoms with Crippen LogP contribution in [0.5, 0.6) is 0 Å². The van der Waals surface area contributed by atoms with Crippen molar-refractivity contribution < 1.29 is 67.4 Å². The minimum absolute atomic E-state index is 0.0339. The van der Waals surface area contributed by atoms with Crippen molar-refractivity contribution >= 4 is 70.9 Å². The molecule has 2 heterocycles. The molecule has 0 bridgehead atoms. The lowest BCUT2D eigenvalue weighted by Crippen LogP contribution is -2.61. The summed E-state index contributed by atoms with van der Waals surface area (Å²) < 4.78 is 6.17. The third kappa shape index (κ3) is 26.1. The topological polar surface area (TPSA) is 317 Å². The SMILES string of the molecule is CC(C)C[C@@H]1NC(=O)[C@H](CC2CCCCC2)N(C)C(=O)[C@@H](C(C)C)NC(=O)C[C@@H](C(=O)N2CCCCC2)NC(=O)[C@H](C)N(C)C(=O)[C@H](CC(C)C)N(C)C(=O)[C@H](COC(C)(C)C)NC(=O)[C@H](CC(C)C)N(C)C(=O)CN(C)C(=O)[C@H](CC2CCC(O)CC2)NC(=O)[C@H](CC(C)C)N(C)C1=O. The second-order valence-electron chi connectivity index (χ2n) is 32.5. The van der Waals surface area contributed by atoms with Crippen molar-refractivity contribution in [1.29, 1.82) is 0 Å². The maximum atomic E-state index is 15.3. The minimum atomic E-state index is -1.45. The summed E-state index contributed by atoms with van der Waals surface area (Å²) in [4.78, 5) is 189. The number of likely N-dealkylation sites (N-methyl/N-ethyl adjacent to an activating group) is 6. The molecular weight excluding hydrogens is 1280 g/mol. The summed E-state index contributed by atoms with van der Waals surface area (Å²) in [5, 5.41) is 25.1. The number of aliphatic hydroxyl groups excluding tert-OH is 1. The molecule has 2 saturated heterocycles. The van der Waals surface area contributed by atoms with Gasteiger partial charge in [-0.05, 0) is 153 Å². The average Bonchev–Trinajstić information content (AvgIpc) is 0.827. The van der Waals surface area contributed by atoms with Gasteiger partial charge in [-0.3, -0.25) is 57.5 Å². The molecule has 570 valence electrons. The normalized spacial score (nSPS) is 28.5. The third-order valence-corrected chi connectivity index (χ3v) is 20.5. The smallest absolute Gasteiger partial charge is 0.247 e. The molecule has 0 spiro atoms. The van der Waals surface area contributed by atoms with Gasteiger partial charge in [-0.2, -0.15) is 0 Å². The van der Waals surface area contributed by atoms with Gasteiger partial charge in [-0.1, -0.05) is 101 Å². The lowest BCUT2D eigenvalue weighted by Gasteiger charge is -2.37. The van der Waals surface area contributed by atoms with Crippen LogP contribution in [-0.2, 0) is 62.3 Å². The predicted octanol–water partition coefficient (Wildman–Crippen LogP) is 5.01. The molecule has 0 aromatic heterocycles. The first kappa shape index (κ1) is 86.0. The van der Waals surface area contributed by atoms with Crippen molar-refractivity contribution in [3.63, 3.8) is 0 Å². The average molecular weight is 1410 g/mol. The van der Waals surface area contributed by atoms with E-state index in [-0.39, 0.29) is 80.6 Å². The molecule has 26 heteroatoms. The number of ether oxygens (including phenoxy) is 1. The highest BCUT2D eigenvalue weighted by Crippen LogP contribution is 2.31. The van der Waals surface area contributed by atoms with E-state index in [0.29, 0.717) is 51.6 Å². The molecule has 0 aromatic carbocycles. The van der Waals surface area contributed by atoms with Gasteiger partial charge < -0.3 is 70.7 Å². The highest BCUT2D eigenvalue weighted by atomic mass is 16.5. The van der Waals surface area contributed by atoms with Crippen LogP contribution in [0.15, 0.2) is 0 Å². The van der Waals surface area contributed by atoms with Gasteiger partial charge in [0, 0.05) is 55.4 Å². The molecule has 0 aromatic rings. The van der Waals surface area contributed by atoms with E-state index in [9.17, 15) is 29.1 Å². The number of nitrogens with one attached hydrogen (secondary N) is 5. The summed E-state index contributed by atoms with van der Waals surface area (Å²) in [6.45, 7) is 25.2. The Hall–Kier alpha value is -6.44. The molecule has 4 rings (SSSR count). The lowest BCUT2D eigenvalue weighted by molar-refractivity contribution is -0.151. The Bertz CT molecular complexity index is 2750. The number of aliphatic hydroxyl groups is 1. The maximum Gasteiger partial charge on any atom is 0.247 e. The van der Waals surface area contributed by atoms with Gasteiger partial charge in [0.15, 0.2) is 0 Å². The Morgan fingerprint density at radius 2 is 0.940 bits per heavy atom. The summed E-state index contributed by atoms with van der Waals surface area (Å²) >= 11 is 0. The second kappa shape index (κ2) is 39.8. The molecule has 2 saturated carbocycles. The summed E-state index contributed by atoms with van der Waals surface area (Å²) in [6, 6.07) is -12.5. The quantitative estimate of drug-likeness (QED) is 0.118. The van der Waals surface area contributed by atoms with Gasteiger partial charge in [0.25, 0.3) is 0 Å². The monoisotopic (exact) mass is 1410 g/mol. The zero-order valence-corrected chi connectivity index (χ0v) is 64.5. The number of piperidine rings is 1. The Kier molecular flexibility index (Phi) is 34.2. The molecule has 10 atom stereocenters. The second-order valence-corrected chi connectivity index (χ2v) is 32.5. The molecule has 100 heavy (non-hydrogen) atoms. The van der Waals surface area contributed by atoms with E-state index in [1.54, 1.807) is 39.5 Å². The molecule has 26 nitrogen and oxygen atoms in total. The van der Waals surface area contributed by atoms with E-state index in [1.807, 2.05) is 55.4 Å². The number of carbonyl (C=O) groups is 12. The van der Waals surface area contributed by atoms with Crippen LogP contribution in [0.1, 0.15) is 219 Å². The van der Waals surface area contributed by atoms with Crippen LogP contribution in [-0.4, -0.2) is 251 Å². The van der Waals surface area contributed by atoms with E-state index >= 15 is 33.6 Å². The van der Waals surface area contributed by atoms with E-state index in [1.165, 1.54) is 78.6 Å². The van der Waals surface area contributed by atoms with Crippen LogP contribution < -0.4 is 26.6 Å². The Labute approximate surface area is 597 Å². The number of rotatable bonds is 16.